The van der Waals surface area contributed by atoms with Gasteiger partial charge in [0, 0.05) is 14.0 Å². The summed E-state index contributed by atoms with van der Waals surface area (Å²) in [5, 5.41) is 9.81. The quantitative estimate of drug-likeness (QED) is 0.892. The van der Waals surface area contributed by atoms with E-state index in [0.717, 1.165) is 14.6 Å². The second kappa shape index (κ2) is 3.92. The van der Waals surface area contributed by atoms with Crippen LogP contribution in [0.5, 0.6) is 0 Å². The predicted molar refractivity (Wildman–Crippen MR) is 64.1 cm³/mol. The van der Waals surface area contributed by atoms with E-state index < -0.39 is 12.0 Å². The number of benzene rings is 1. The Morgan fingerprint density at radius 3 is 2.87 bits per heavy atom. The topological polar surface area (TPSA) is 63.3 Å². The number of hydrogen-bond acceptors (Lipinski definition) is 3. The lowest BCUT2D eigenvalue weighted by atomic mass is 10.2. The van der Waals surface area contributed by atoms with Gasteiger partial charge < -0.3 is 10.8 Å². The van der Waals surface area contributed by atoms with Crippen molar-refractivity contribution < 1.29 is 9.90 Å². The number of carboxylic acid groups (broad SMARTS) is 1. The Morgan fingerprint density at radius 1 is 1.53 bits per heavy atom. The Labute approximate surface area is 98.6 Å². The average Bonchev–Trinajstić information content (AvgIpc) is 2.61. The number of thiophene rings is 1. The Balaban J connectivity index is 2.56. The first-order valence-corrected chi connectivity index (χ1v) is 5.87. The summed E-state index contributed by atoms with van der Waals surface area (Å²) in [4.78, 5) is 11.4. The molecule has 3 N–H and O–H groups in total. The Morgan fingerprint density at radius 2 is 2.27 bits per heavy atom. The lowest BCUT2D eigenvalue weighted by Gasteiger charge is -2.00. The van der Waals surface area contributed by atoms with Crippen molar-refractivity contribution in [3.8, 4) is 0 Å². The van der Waals surface area contributed by atoms with Crippen molar-refractivity contribution in [3.63, 3.8) is 0 Å². The molecule has 1 aromatic heterocycles. The number of carbonyl (C=O) groups is 1. The molecule has 3 nitrogen and oxygen atoms in total. The smallest absolute Gasteiger partial charge is 0.325 e. The van der Waals surface area contributed by atoms with Crippen LogP contribution in [0.4, 0.5) is 0 Å². The molecule has 0 aliphatic heterocycles. The van der Waals surface area contributed by atoms with Gasteiger partial charge in [0.05, 0.1) is 0 Å². The number of hydrogen-bond donors (Lipinski definition) is 2. The molecule has 0 amide bonds. The molecule has 0 bridgehead atoms. The zero-order chi connectivity index (χ0) is 11.0. The summed E-state index contributed by atoms with van der Waals surface area (Å²) in [6.07, 6.45) is 0. The first-order chi connectivity index (χ1) is 7.09. The minimum Gasteiger partial charge on any atom is -0.480 e. The molecule has 1 heterocycles. The third-order valence-electron chi connectivity index (χ3n) is 2.09. The lowest BCUT2D eigenvalue weighted by molar-refractivity contribution is -0.138. The van der Waals surface area contributed by atoms with Gasteiger partial charge in [-0.15, -0.1) is 11.3 Å². The molecule has 0 saturated carbocycles. The largest absolute Gasteiger partial charge is 0.480 e. The van der Waals surface area contributed by atoms with E-state index in [9.17, 15) is 4.79 Å². The summed E-state index contributed by atoms with van der Waals surface area (Å²) < 4.78 is 2.00. The zero-order valence-electron chi connectivity index (χ0n) is 7.61. The maximum Gasteiger partial charge on any atom is 0.325 e. The van der Waals surface area contributed by atoms with E-state index in [1.807, 2.05) is 24.3 Å². The highest BCUT2D eigenvalue weighted by Gasteiger charge is 2.17. The van der Waals surface area contributed by atoms with Crippen molar-refractivity contribution in [2.75, 3.05) is 0 Å². The predicted octanol–water partition coefficient (Wildman–Crippen LogP) is 2.75. The summed E-state index contributed by atoms with van der Waals surface area (Å²) in [5.41, 5.74) is 5.55. The molecule has 1 unspecified atom stereocenters. The van der Waals surface area contributed by atoms with E-state index in [0.29, 0.717) is 4.88 Å². The molecule has 1 aromatic carbocycles. The molecule has 2 rings (SSSR count). The van der Waals surface area contributed by atoms with Gasteiger partial charge in [0.1, 0.15) is 6.04 Å². The molecule has 15 heavy (non-hydrogen) atoms. The van der Waals surface area contributed by atoms with Crippen LogP contribution in [0.1, 0.15) is 10.9 Å². The van der Waals surface area contributed by atoms with Gasteiger partial charge in [0.2, 0.25) is 0 Å². The first-order valence-electron chi connectivity index (χ1n) is 4.26. The molecular formula is C10H8BrNO2S. The average molecular weight is 286 g/mol. The van der Waals surface area contributed by atoms with Crippen LogP contribution in [-0.2, 0) is 4.79 Å². The third kappa shape index (κ3) is 1.90. The summed E-state index contributed by atoms with van der Waals surface area (Å²) in [5.74, 6) is -1.00. The van der Waals surface area contributed by atoms with Crippen molar-refractivity contribution in [3.05, 3.63) is 33.6 Å². The van der Waals surface area contributed by atoms with E-state index in [1.54, 1.807) is 0 Å². The number of carboxylic acids is 1. The zero-order valence-corrected chi connectivity index (χ0v) is 10.0. The van der Waals surface area contributed by atoms with Gasteiger partial charge in [0.15, 0.2) is 0 Å². The van der Waals surface area contributed by atoms with E-state index in [2.05, 4.69) is 15.9 Å². The van der Waals surface area contributed by atoms with Crippen molar-refractivity contribution in [1.82, 2.24) is 0 Å². The minimum atomic E-state index is -1.00. The molecule has 1 atom stereocenters. The van der Waals surface area contributed by atoms with Crippen molar-refractivity contribution >= 4 is 43.3 Å². The second-order valence-electron chi connectivity index (χ2n) is 3.12. The number of nitrogens with two attached hydrogens (primary N) is 1. The Bertz CT molecular complexity index is 523. The van der Waals surface area contributed by atoms with Crippen molar-refractivity contribution in [1.29, 1.82) is 0 Å². The number of rotatable bonds is 2. The number of fused-ring (bicyclic) bond motifs is 1. The van der Waals surface area contributed by atoms with Crippen LogP contribution in [0.15, 0.2) is 28.7 Å². The van der Waals surface area contributed by atoms with E-state index >= 15 is 0 Å². The van der Waals surface area contributed by atoms with Gasteiger partial charge in [-0.05, 0) is 33.4 Å². The summed E-state index contributed by atoms with van der Waals surface area (Å²) >= 11 is 4.83. The van der Waals surface area contributed by atoms with Crippen LogP contribution >= 0.6 is 27.3 Å². The van der Waals surface area contributed by atoms with Gasteiger partial charge in [-0.25, -0.2) is 0 Å². The fourth-order valence-electron chi connectivity index (χ4n) is 1.32. The maximum absolute atomic E-state index is 10.7. The van der Waals surface area contributed by atoms with E-state index in [4.69, 9.17) is 10.8 Å². The number of halogens is 1. The molecule has 0 spiro atoms. The molecule has 78 valence electrons. The second-order valence-corrected chi connectivity index (χ2v) is 5.06. The summed E-state index contributed by atoms with van der Waals surface area (Å²) in [6.45, 7) is 0. The van der Waals surface area contributed by atoms with Crippen LogP contribution in [0.25, 0.3) is 10.1 Å². The van der Waals surface area contributed by atoms with E-state index in [1.165, 1.54) is 11.3 Å². The SMILES string of the molecule is NC(C(=O)O)c1cc2cccc(Br)c2s1. The fourth-order valence-corrected chi connectivity index (χ4v) is 3.01. The van der Waals surface area contributed by atoms with Crippen LogP contribution in [0.2, 0.25) is 0 Å². The van der Waals surface area contributed by atoms with E-state index in [-0.39, 0.29) is 0 Å². The minimum absolute atomic E-state index is 0.671. The van der Waals surface area contributed by atoms with Crippen LogP contribution < -0.4 is 5.73 Å². The monoisotopic (exact) mass is 285 g/mol. The van der Waals surface area contributed by atoms with Crippen molar-refractivity contribution in [2.24, 2.45) is 5.73 Å². The third-order valence-corrected chi connectivity index (χ3v) is 4.28. The van der Waals surface area contributed by atoms with Gasteiger partial charge >= 0.3 is 5.97 Å². The standard InChI is InChI=1S/C10H8BrNO2S/c11-6-3-1-2-5-4-7(15-9(5)6)8(12)10(13)14/h1-4,8H,12H2,(H,13,14). The molecule has 0 fully saturated rings. The highest BCUT2D eigenvalue weighted by molar-refractivity contribution is 9.10. The Kier molecular flexibility index (Phi) is 2.77. The van der Waals surface area contributed by atoms with Crippen LogP contribution in [0, 0.1) is 0 Å². The van der Waals surface area contributed by atoms with Crippen molar-refractivity contribution in [2.45, 2.75) is 6.04 Å². The molecule has 0 aliphatic carbocycles. The number of aliphatic carboxylic acids is 1. The van der Waals surface area contributed by atoms with Gasteiger partial charge in [-0.3, -0.25) is 4.79 Å². The molecule has 5 heteroatoms. The van der Waals surface area contributed by atoms with Gasteiger partial charge in [-0.2, -0.15) is 0 Å². The molecule has 0 saturated heterocycles. The summed E-state index contributed by atoms with van der Waals surface area (Å²) in [7, 11) is 0. The van der Waals surface area contributed by atoms with Gasteiger partial charge in [0.25, 0.3) is 0 Å². The first kappa shape index (κ1) is 10.6. The highest BCUT2D eigenvalue weighted by Crippen LogP contribution is 2.34. The van der Waals surface area contributed by atoms with Gasteiger partial charge in [-0.1, -0.05) is 12.1 Å². The maximum atomic E-state index is 10.7. The lowest BCUT2D eigenvalue weighted by Crippen LogP contribution is -2.19. The van der Waals surface area contributed by atoms with Crippen LogP contribution in [0.3, 0.4) is 0 Å². The molecule has 0 aliphatic rings. The molecule has 0 radical (unpaired) electrons. The highest BCUT2D eigenvalue weighted by atomic mass is 79.9. The fraction of sp³-hybridized carbons (Fsp3) is 0.100. The van der Waals surface area contributed by atoms with Crippen LogP contribution in [-0.4, -0.2) is 11.1 Å². The summed E-state index contributed by atoms with van der Waals surface area (Å²) in [6, 6.07) is 6.66. The molecule has 2 aromatic rings. The molecular weight excluding hydrogens is 278 g/mol. The normalized spacial score (nSPS) is 12.9. The Hall–Kier alpha value is -0.910.